The van der Waals surface area contributed by atoms with Crippen molar-refractivity contribution in [2.45, 2.75) is 0 Å². The van der Waals surface area contributed by atoms with Gasteiger partial charge in [-0.2, -0.15) is 0 Å². The molecule has 0 atom stereocenters. The Bertz CT molecular complexity index is 946. The summed E-state index contributed by atoms with van der Waals surface area (Å²) in [7, 11) is 0. The van der Waals surface area contributed by atoms with Crippen molar-refractivity contribution in [3.63, 3.8) is 0 Å². The molecule has 1 aromatic carbocycles. The van der Waals surface area contributed by atoms with Crippen LogP contribution in [-0.4, -0.2) is 15.1 Å². The largest absolute Gasteiger partial charge is 0.433 e. The molecule has 0 amide bonds. The lowest BCUT2D eigenvalue weighted by molar-refractivity contribution is -0.402. The van der Waals surface area contributed by atoms with Crippen molar-refractivity contribution >= 4 is 45.8 Å². The van der Waals surface area contributed by atoms with Gasteiger partial charge < -0.3 is 4.42 Å². The van der Waals surface area contributed by atoms with Gasteiger partial charge >= 0.3 is 5.88 Å². The summed E-state index contributed by atoms with van der Waals surface area (Å²) < 4.78 is 5.03. The highest BCUT2D eigenvalue weighted by molar-refractivity contribution is 6.68. The summed E-state index contributed by atoms with van der Waals surface area (Å²) in [6.07, 6.45) is 3.13. The molecule has 6 nitrogen and oxygen atoms in total. The molecular formula is C16H9ClN2O4. The Labute approximate surface area is 135 Å². The van der Waals surface area contributed by atoms with Crippen molar-refractivity contribution < 1.29 is 14.1 Å². The Morgan fingerprint density at radius 2 is 2.00 bits per heavy atom. The summed E-state index contributed by atoms with van der Waals surface area (Å²) >= 11 is 5.63. The molecule has 0 radical (unpaired) electrons. The van der Waals surface area contributed by atoms with E-state index in [2.05, 4.69) is 4.98 Å². The number of hydrogen-bond donors (Lipinski definition) is 0. The topological polar surface area (TPSA) is 86.2 Å². The molecule has 0 spiro atoms. The maximum Gasteiger partial charge on any atom is 0.433 e. The molecule has 0 aliphatic heterocycles. The van der Waals surface area contributed by atoms with Crippen LogP contribution < -0.4 is 0 Å². The second-order valence-electron chi connectivity index (χ2n) is 4.65. The van der Waals surface area contributed by atoms with Crippen LogP contribution >= 0.6 is 11.6 Å². The highest BCUT2D eigenvalue weighted by atomic mass is 35.5. The van der Waals surface area contributed by atoms with E-state index in [1.807, 2.05) is 0 Å². The van der Waals surface area contributed by atoms with E-state index in [0.29, 0.717) is 27.9 Å². The number of aromatic nitrogens is 1. The standard InChI is InChI=1S/C16H9ClN2O4/c17-16(20)13-9-10(18-14-4-2-1-3-12(13)14)5-6-11-7-8-15(23-11)19(21)22/h1-9H. The lowest BCUT2D eigenvalue weighted by atomic mass is 10.1. The third-order valence-corrected chi connectivity index (χ3v) is 3.36. The second-order valence-corrected chi connectivity index (χ2v) is 5.00. The zero-order valence-corrected chi connectivity index (χ0v) is 12.4. The Kier molecular flexibility index (Phi) is 3.91. The van der Waals surface area contributed by atoms with Crippen LogP contribution in [0.5, 0.6) is 0 Å². The number of carbonyl (C=O) groups is 1. The maximum atomic E-state index is 11.6. The van der Waals surface area contributed by atoms with Crippen LogP contribution in [0.1, 0.15) is 21.8 Å². The second kappa shape index (κ2) is 6.02. The first-order chi connectivity index (χ1) is 11.0. The number of pyridine rings is 1. The minimum absolute atomic E-state index is 0.311. The van der Waals surface area contributed by atoms with Gasteiger partial charge in [0.1, 0.15) is 10.7 Å². The summed E-state index contributed by atoms with van der Waals surface area (Å²) in [5.41, 5.74) is 1.47. The molecule has 23 heavy (non-hydrogen) atoms. The van der Waals surface area contributed by atoms with E-state index in [-0.39, 0.29) is 5.88 Å². The predicted octanol–water partition coefficient (Wildman–Crippen LogP) is 4.29. The van der Waals surface area contributed by atoms with Gasteiger partial charge in [0.05, 0.1) is 17.3 Å². The predicted molar refractivity (Wildman–Crippen MR) is 86.2 cm³/mol. The zero-order chi connectivity index (χ0) is 16.4. The normalized spacial score (nSPS) is 11.2. The number of hydrogen-bond acceptors (Lipinski definition) is 5. The molecule has 0 saturated carbocycles. The number of rotatable bonds is 4. The summed E-state index contributed by atoms with van der Waals surface area (Å²) in [6, 6.07) is 11.4. The zero-order valence-electron chi connectivity index (χ0n) is 11.6. The molecule has 3 aromatic rings. The van der Waals surface area contributed by atoms with E-state index < -0.39 is 10.2 Å². The molecule has 2 heterocycles. The van der Waals surface area contributed by atoms with Crippen molar-refractivity contribution in [2.75, 3.05) is 0 Å². The van der Waals surface area contributed by atoms with Gasteiger partial charge in [0, 0.05) is 10.9 Å². The molecule has 0 fully saturated rings. The highest BCUT2D eigenvalue weighted by Crippen LogP contribution is 2.22. The van der Waals surface area contributed by atoms with Crippen molar-refractivity contribution in [3.8, 4) is 0 Å². The minimum Gasteiger partial charge on any atom is -0.401 e. The van der Waals surface area contributed by atoms with Crippen molar-refractivity contribution in [2.24, 2.45) is 0 Å². The quantitative estimate of drug-likeness (QED) is 0.405. The molecule has 0 aliphatic rings. The first-order valence-corrected chi connectivity index (χ1v) is 6.94. The van der Waals surface area contributed by atoms with Gasteiger partial charge in [-0.05, 0) is 42.0 Å². The fraction of sp³-hybridized carbons (Fsp3) is 0. The molecular weight excluding hydrogens is 320 g/mol. The molecule has 114 valence electrons. The molecule has 3 rings (SSSR count). The van der Waals surface area contributed by atoms with Crippen LogP contribution in [0.4, 0.5) is 5.88 Å². The monoisotopic (exact) mass is 328 g/mol. The van der Waals surface area contributed by atoms with E-state index in [4.69, 9.17) is 16.0 Å². The van der Waals surface area contributed by atoms with Crippen LogP contribution in [0.2, 0.25) is 0 Å². The fourth-order valence-corrected chi connectivity index (χ4v) is 2.30. The van der Waals surface area contributed by atoms with Crippen molar-refractivity contribution in [1.29, 1.82) is 0 Å². The number of benzene rings is 1. The number of carbonyl (C=O) groups excluding carboxylic acids is 1. The van der Waals surface area contributed by atoms with Gasteiger partial charge in [0.25, 0.3) is 5.24 Å². The van der Waals surface area contributed by atoms with E-state index in [9.17, 15) is 14.9 Å². The van der Waals surface area contributed by atoms with Gasteiger partial charge in [-0.15, -0.1) is 0 Å². The highest BCUT2D eigenvalue weighted by Gasteiger charge is 2.11. The van der Waals surface area contributed by atoms with Crippen LogP contribution in [0.25, 0.3) is 23.1 Å². The van der Waals surface area contributed by atoms with Crippen molar-refractivity contribution in [3.05, 3.63) is 69.6 Å². The fourth-order valence-electron chi connectivity index (χ4n) is 2.14. The van der Waals surface area contributed by atoms with Gasteiger partial charge in [0.15, 0.2) is 0 Å². The average molecular weight is 329 g/mol. The Morgan fingerprint density at radius 1 is 1.22 bits per heavy atom. The average Bonchev–Trinajstić information content (AvgIpc) is 3.01. The summed E-state index contributed by atoms with van der Waals surface area (Å²) in [4.78, 5) is 25.9. The Morgan fingerprint density at radius 3 is 2.70 bits per heavy atom. The molecule has 0 bridgehead atoms. The van der Waals surface area contributed by atoms with Crippen LogP contribution in [0.15, 0.2) is 46.9 Å². The van der Waals surface area contributed by atoms with Crippen molar-refractivity contribution in [1.82, 2.24) is 4.98 Å². The van der Waals surface area contributed by atoms with Crippen LogP contribution in [0, 0.1) is 10.1 Å². The third-order valence-electron chi connectivity index (χ3n) is 3.16. The number of nitrogens with zero attached hydrogens (tertiary/aromatic N) is 2. The van der Waals surface area contributed by atoms with Crippen LogP contribution in [0.3, 0.4) is 0 Å². The molecule has 0 saturated heterocycles. The van der Waals surface area contributed by atoms with E-state index in [1.165, 1.54) is 18.2 Å². The van der Waals surface area contributed by atoms with Gasteiger partial charge in [0.2, 0.25) is 0 Å². The SMILES string of the molecule is O=C(Cl)c1cc(C=Cc2ccc([N+](=O)[O-])o2)nc2ccccc12. The van der Waals surface area contributed by atoms with E-state index in [0.717, 1.165) is 0 Å². The van der Waals surface area contributed by atoms with E-state index in [1.54, 1.807) is 36.4 Å². The number of para-hydroxylation sites is 1. The molecule has 2 aromatic heterocycles. The first-order valence-electron chi connectivity index (χ1n) is 6.56. The number of furan rings is 1. The maximum absolute atomic E-state index is 11.6. The molecule has 0 N–H and O–H groups in total. The third kappa shape index (κ3) is 3.12. The summed E-state index contributed by atoms with van der Waals surface area (Å²) in [6.45, 7) is 0. The number of halogens is 1. The lowest BCUT2D eigenvalue weighted by Gasteiger charge is -2.03. The number of nitro groups is 1. The smallest absolute Gasteiger partial charge is 0.401 e. The lowest BCUT2D eigenvalue weighted by Crippen LogP contribution is -1.95. The Balaban J connectivity index is 2.00. The molecule has 7 heteroatoms. The Hall–Kier alpha value is -2.99. The minimum atomic E-state index is -0.615. The van der Waals surface area contributed by atoms with Crippen LogP contribution in [-0.2, 0) is 0 Å². The first kappa shape index (κ1) is 14.9. The van der Waals surface area contributed by atoms with Gasteiger partial charge in [-0.1, -0.05) is 18.2 Å². The molecule has 0 unspecified atom stereocenters. The number of fused-ring (bicyclic) bond motifs is 1. The molecule has 0 aliphatic carbocycles. The van der Waals surface area contributed by atoms with Gasteiger partial charge in [-0.3, -0.25) is 14.9 Å². The van der Waals surface area contributed by atoms with E-state index >= 15 is 0 Å². The van der Waals surface area contributed by atoms with Gasteiger partial charge in [-0.25, -0.2) is 4.98 Å². The summed E-state index contributed by atoms with van der Waals surface area (Å²) in [5, 5.41) is 10.7. The summed E-state index contributed by atoms with van der Waals surface area (Å²) in [5.74, 6) is -0.0295.